The first-order valence-corrected chi connectivity index (χ1v) is 7.58. The van der Waals surface area contributed by atoms with Crippen LogP contribution in [0.1, 0.15) is 23.1 Å². The zero-order valence-corrected chi connectivity index (χ0v) is 12.4. The summed E-state index contributed by atoms with van der Waals surface area (Å²) >= 11 is 1.81. The Morgan fingerprint density at radius 1 is 1.37 bits per heavy atom. The Hall–Kier alpha value is -1.42. The number of rotatable bonds is 7. The first-order valence-electron chi connectivity index (χ1n) is 6.18. The molecule has 0 fully saturated rings. The van der Waals surface area contributed by atoms with Gasteiger partial charge in [0.2, 0.25) is 0 Å². The maximum absolute atomic E-state index is 10.5. The molecule has 1 aromatic carbocycles. The largest absolute Gasteiger partial charge is 0.493 e. The van der Waals surface area contributed by atoms with Crippen LogP contribution in [0.25, 0.3) is 6.08 Å². The number of carbonyl (C=O) groups is 1. The van der Waals surface area contributed by atoms with Crippen molar-refractivity contribution >= 4 is 23.8 Å². The van der Waals surface area contributed by atoms with Crippen molar-refractivity contribution in [2.45, 2.75) is 20.3 Å². The van der Waals surface area contributed by atoms with Gasteiger partial charge in [0.05, 0.1) is 6.61 Å². The molecule has 0 aromatic heterocycles. The molecule has 0 radical (unpaired) electrons. The topological polar surface area (TPSA) is 46.5 Å². The van der Waals surface area contributed by atoms with Gasteiger partial charge >= 0.3 is 5.97 Å². The van der Waals surface area contributed by atoms with E-state index in [9.17, 15) is 4.79 Å². The molecule has 104 valence electrons. The third kappa shape index (κ3) is 5.39. The van der Waals surface area contributed by atoms with Gasteiger partial charge in [0, 0.05) is 6.08 Å². The van der Waals surface area contributed by atoms with Gasteiger partial charge in [-0.2, -0.15) is 11.8 Å². The summed E-state index contributed by atoms with van der Waals surface area (Å²) < 4.78 is 5.80. The van der Waals surface area contributed by atoms with Crippen molar-refractivity contribution in [3.8, 4) is 5.75 Å². The van der Waals surface area contributed by atoms with Gasteiger partial charge in [0.15, 0.2) is 0 Å². The fourth-order valence-corrected chi connectivity index (χ4v) is 2.26. The van der Waals surface area contributed by atoms with E-state index in [1.807, 2.05) is 37.7 Å². The van der Waals surface area contributed by atoms with Gasteiger partial charge in [0.25, 0.3) is 0 Å². The van der Waals surface area contributed by atoms with Crippen molar-refractivity contribution in [1.29, 1.82) is 0 Å². The second-order valence-corrected chi connectivity index (χ2v) is 5.34. The highest BCUT2D eigenvalue weighted by Crippen LogP contribution is 2.25. The Balaban J connectivity index is 2.76. The van der Waals surface area contributed by atoms with Crippen molar-refractivity contribution in [3.05, 3.63) is 34.9 Å². The van der Waals surface area contributed by atoms with Gasteiger partial charge in [-0.25, -0.2) is 4.79 Å². The van der Waals surface area contributed by atoms with E-state index in [0.717, 1.165) is 40.7 Å². The number of carboxylic acid groups (broad SMARTS) is 1. The molecule has 19 heavy (non-hydrogen) atoms. The summed E-state index contributed by atoms with van der Waals surface area (Å²) in [6.45, 7) is 4.68. The van der Waals surface area contributed by atoms with Gasteiger partial charge in [-0.1, -0.05) is 0 Å². The maximum Gasteiger partial charge on any atom is 0.328 e. The molecule has 4 heteroatoms. The van der Waals surface area contributed by atoms with Crippen molar-refractivity contribution < 1.29 is 14.6 Å². The predicted octanol–water partition coefficient (Wildman–Crippen LogP) is 3.53. The van der Waals surface area contributed by atoms with Crippen LogP contribution in [0.4, 0.5) is 0 Å². The van der Waals surface area contributed by atoms with Gasteiger partial charge in [0.1, 0.15) is 5.75 Å². The molecule has 0 bridgehead atoms. The number of hydrogen-bond acceptors (Lipinski definition) is 3. The second kappa shape index (κ2) is 7.89. The number of aryl methyl sites for hydroxylation is 2. The van der Waals surface area contributed by atoms with E-state index >= 15 is 0 Å². The van der Waals surface area contributed by atoms with Crippen LogP contribution < -0.4 is 4.74 Å². The molecule has 0 amide bonds. The van der Waals surface area contributed by atoms with Gasteiger partial charge < -0.3 is 9.84 Å². The molecule has 0 aliphatic carbocycles. The molecule has 0 saturated carbocycles. The number of carboxylic acids is 1. The van der Waals surface area contributed by atoms with Crippen molar-refractivity contribution in [1.82, 2.24) is 0 Å². The minimum absolute atomic E-state index is 0.715. The lowest BCUT2D eigenvalue weighted by Crippen LogP contribution is -2.02. The quantitative estimate of drug-likeness (QED) is 0.613. The smallest absolute Gasteiger partial charge is 0.328 e. The predicted molar refractivity (Wildman–Crippen MR) is 81.1 cm³/mol. The minimum atomic E-state index is -0.937. The van der Waals surface area contributed by atoms with Crippen LogP contribution in [-0.4, -0.2) is 29.7 Å². The highest BCUT2D eigenvalue weighted by atomic mass is 32.2. The summed E-state index contributed by atoms with van der Waals surface area (Å²) in [7, 11) is 0. The molecular formula is C15H20O3S. The lowest BCUT2D eigenvalue weighted by atomic mass is 10.1. The summed E-state index contributed by atoms with van der Waals surface area (Å²) in [4.78, 5) is 10.5. The van der Waals surface area contributed by atoms with E-state index in [1.165, 1.54) is 0 Å². The van der Waals surface area contributed by atoms with E-state index in [4.69, 9.17) is 9.84 Å². The molecule has 0 unspecified atom stereocenters. The van der Waals surface area contributed by atoms with Crippen molar-refractivity contribution in [2.24, 2.45) is 0 Å². The Bertz CT molecular complexity index is 443. The first-order chi connectivity index (χ1) is 9.04. The van der Waals surface area contributed by atoms with Crippen molar-refractivity contribution in [2.75, 3.05) is 18.6 Å². The van der Waals surface area contributed by atoms with Crippen LogP contribution in [0.3, 0.4) is 0 Å². The van der Waals surface area contributed by atoms with E-state index in [-0.39, 0.29) is 0 Å². The summed E-state index contributed by atoms with van der Waals surface area (Å²) in [5.74, 6) is 1.07. The molecule has 0 spiro atoms. The Kier molecular flexibility index (Phi) is 6.50. The second-order valence-electron chi connectivity index (χ2n) is 4.35. The Morgan fingerprint density at radius 2 is 2.00 bits per heavy atom. The number of aliphatic carboxylic acids is 1. The third-order valence-electron chi connectivity index (χ3n) is 2.64. The van der Waals surface area contributed by atoms with E-state index in [1.54, 1.807) is 6.08 Å². The highest BCUT2D eigenvalue weighted by molar-refractivity contribution is 7.98. The van der Waals surface area contributed by atoms with Crippen LogP contribution in [0.2, 0.25) is 0 Å². The summed E-state index contributed by atoms with van der Waals surface area (Å²) in [6.07, 6.45) is 5.86. The monoisotopic (exact) mass is 280 g/mol. The average molecular weight is 280 g/mol. The molecule has 0 saturated heterocycles. The average Bonchev–Trinajstić information content (AvgIpc) is 2.34. The zero-order chi connectivity index (χ0) is 14.3. The molecule has 0 aliphatic heterocycles. The molecule has 1 aromatic rings. The third-order valence-corrected chi connectivity index (χ3v) is 3.34. The normalized spacial score (nSPS) is 10.9. The van der Waals surface area contributed by atoms with E-state index in [0.29, 0.717) is 6.61 Å². The summed E-state index contributed by atoms with van der Waals surface area (Å²) in [6, 6.07) is 3.88. The molecule has 1 N–H and O–H groups in total. The van der Waals surface area contributed by atoms with Crippen molar-refractivity contribution in [3.63, 3.8) is 0 Å². The number of benzene rings is 1. The molecular weight excluding hydrogens is 260 g/mol. The van der Waals surface area contributed by atoms with Crippen LogP contribution in [-0.2, 0) is 4.79 Å². The van der Waals surface area contributed by atoms with Gasteiger partial charge in [-0.15, -0.1) is 0 Å². The van der Waals surface area contributed by atoms with Crippen LogP contribution in [0, 0.1) is 13.8 Å². The SMILES string of the molecule is CSCCCOc1c(C)cc(/C=C/C(=O)O)cc1C. The molecule has 0 atom stereocenters. The van der Waals surface area contributed by atoms with Crippen LogP contribution >= 0.6 is 11.8 Å². The van der Waals surface area contributed by atoms with Gasteiger partial charge in [-0.3, -0.25) is 0 Å². The maximum atomic E-state index is 10.5. The fourth-order valence-electron chi connectivity index (χ4n) is 1.85. The fraction of sp³-hybridized carbons (Fsp3) is 0.400. The lowest BCUT2D eigenvalue weighted by molar-refractivity contribution is -0.131. The Labute approximate surface area is 118 Å². The first kappa shape index (κ1) is 15.6. The van der Waals surface area contributed by atoms with E-state index < -0.39 is 5.97 Å². The molecule has 0 heterocycles. The summed E-state index contributed by atoms with van der Waals surface area (Å²) in [5.41, 5.74) is 2.96. The van der Waals surface area contributed by atoms with E-state index in [2.05, 4.69) is 6.26 Å². The summed E-state index contributed by atoms with van der Waals surface area (Å²) in [5, 5.41) is 8.62. The van der Waals surface area contributed by atoms with Gasteiger partial charge in [-0.05, 0) is 67.2 Å². The number of thioether (sulfide) groups is 1. The van der Waals surface area contributed by atoms with Crippen LogP contribution in [0.15, 0.2) is 18.2 Å². The molecule has 3 nitrogen and oxygen atoms in total. The number of ether oxygens (including phenoxy) is 1. The molecule has 1 rings (SSSR count). The standard InChI is InChI=1S/C15H20O3S/c1-11-9-13(5-6-14(16)17)10-12(2)15(11)18-7-4-8-19-3/h5-6,9-10H,4,7-8H2,1-3H3,(H,16,17)/b6-5+. The highest BCUT2D eigenvalue weighted by Gasteiger charge is 2.05. The Morgan fingerprint density at radius 3 is 2.53 bits per heavy atom. The minimum Gasteiger partial charge on any atom is -0.493 e. The van der Waals surface area contributed by atoms with Crippen LogP contribution in [0.5, 0.6) is 5.75 Å². The zero-order valence-electron chi connectivity index (χ0n) is 11.6. The number of hydrogen-bond donors (Lipinski definition) is 1. The molecule has 0 aliphatic rings. The lowest BCUT2D eigenvalue weighted by Gasteiger charge is -2.13.